The van der Waals surface area contributed by atoms with Gasteiger partial charge in [-0.15, -0.1) is 0 Å². The summed E-state index contributed by atoms with van der Waals surface area (Å²) >= 11 is 11.8. The summed E-state index contributed by atoms with van der Waals surface area (Å²) in [5.41, 5.74) is 0.638. The standard InChI is InChI=1S/C18H17Cl2N3O4/c19-14-4-3-13(15(20)10-14)11-21-27-12-17(24)22-5-7-23(8-6-22)18(25)16-2-1-9-26-16/h1-4,9-11H,5-8,12H2/b21-11+. The Morgan fingerprint density at radius 3 is 2.56 bits per heavy atom. The Morgan fingerprint density at radius 1 is 1.15 bits per heavy atom. The lowest BCUT2D eigenvalue weighted by Crippen LogP contribution is -2.51. The fourth-order valence-electron chi connectivity index (χ4n) is 2.60. The van der Waals surface area contributed by atoms with E-state index in [1.165, 1.54) is 12.5 Å². The van der Waals surface area contributed by atoms with Gasteiger partial charge in [0.05, 0.1) is 17.5 Å². The Balaban J connectivity index is 1.43. The Hall–Kier alpha value is -2.51. The third-order valence-corrected chi connectivity index (χ3v) is 4.63. The van der Waals surface area contributed by atoms with Crippen molar-refractivity contribution in [2.45, 2.75) is 0 Å². The number of furan rings is 1. The van der Waals surface area contributed by atoms with Gasteiger partial charge in [0.2, 0.25) is 0 Å². The predicted octanol–water partition coefficient (Wildman–Crippen LogP) is 2.92. The quantitative estimate of drug-likeness (QED) is 0.561. The monoisotopic (exact) mass is 409 g/mol. The number of piperazine rings is 1. The van der Waals surface area contributed by atoms with Gasteiger partial charge in [-0.1, -0.05) is 34.4 Å². The molecule has 9 heteroatoms. The van der Waals surface area contributed by atoms with Gasteiger partial charge in [-0.05, 0) is 24.3 Å². The molecule has 2 amide bonds. The molecular formula is C18H17Cl2N3O4. The summed E-state index contributed by atoms with van der Waals surface area (Å²) in [7, 11) is 0. The third kappa shape index (κ3) is 5.02. The zero-order valence-corrected chi connectivity index (χ0v) is 15.8. The second kappa shape index (κ2) is 8.92. The molecule has 0 saturated carbocycles. The minimum atomic E-state index is -0.195. The van der Waals surface area contributed by atoms with E-state index >= 15 is 0 Å². The van der Waals surface area contributed by atoms with Crippen LogP contribution in [0.1, 0.15) is 16.1 Å². The minimum Gasteiger partial charge on any atom is -0.459 e. The maximum atomic E-state index is 12.2. The lowest BCUT2D eigenvalue weighted by atomic mass is 10.2. The van der Waals surface area contributed by atoms with E-state index in [0.717, 1.165) is 0 Å². The number of amides is 2. The van der Waals surface area contributed by atoms with Gasteiger partial charge in [0.25, 0.3) is 11.8 Å². The van der Waals surface area contributed by atoms with Gasteiger partial charge in [0, 0.05) is 36.8 Å². The van der Waals surface area contributed by atoms with Crippen LogP contribution >= 0.6 is 23.2 Å². The van der Waals surface area contributed by atoms with Crippen LogP contribution in [0.25, 0.3) is 0 Å². The van der Waals surface area contributed by atoms with Crippen LogP contribution < -0.4 is 0 Å². The fraction of sp³-hybridized carbons (Fsp3) is 0.278. The highest BCUT2D eigenvalue weighted by atomic mass is 35.5. The van der Waals surface area contributed by atoms with Crippen molar-refractivity contribution in [3.8, 4) is 0 Å². The predicted molar refractivity (Wildman–Crippen MR) is 101 cm³/mol. The molecule has 0 N–H and O–H groups in total. The Bertz CT molecular complexity index is 831. The second-order valence-electron chi connectivity index (χ2n) is 5.82. The molecule has 2 aromatic rings. The largest absolute Gasteiger partial charge is 0.459 e. The first-order valence-electron chi connectivity index (χ1n) is 8.25. The molecule has 0 unspecified atom stereocenters. The molecule has 0 bridgehead atoms. The van der Waals surface area contributed by atoms with Crippen LogP contribution in [0.5, 0.6) is 0 Å². The number of oxime groups is 1. The zero-order valence-electron chi connectivity index (χ0n) is 14.3. The highest BCUT2D eigenvalue weighted by Gasteiger charge is 2.26. The van der Waals surface area contributed by atoms with E-state index in [4.69, 9.17) is 32.5 Å². The number of nitrogens with zero attached hydrogens (tertiary/aromatic N) is 3. The smallest absolute Gasteiger partial charge is 0.289 e. The van der Waals surface area contributed by atoms with E-state index in [2.05, 4.69) is 5.16 Å². The van der Waals surface area contributed by atoms with E-state index in [1.807, 2.05) is 0 Å². The van der Waals surface area contributed by atoms with Crippen LogP contribution in [-0.2, 0) is 9.63 Å². The van der Waals surface area contributed by atoms with Gasteiger partial charge >= 0.3 is 0 Å². The number of benzene rings is 1. The molecule has 1 fully saturated rings. The molecule has 1 aliphatic heterocycles. The Labute approximate surface area is 166 Å². The lowest BCUT2D eigenvalue weighted by Gasteiger charge is -2.34. The normalized spacial score (nSPS) is 14.6. The number of carbonyl (C=O) groups is 2. The molecule has 7 nitrogen and oxygen atoms in total. The maximum Gasteiger partial charge on any atom is 0.289 e. The van der Waals surface area contributed by atoms with Crippen LogP contribution in [-0.4, -0.2) is 60.6 Å². The molecule has 0 aliphatic carbocycles. The molecule has 0 radical (unpaired) electrons. The molecule has 27 heavy (non-hydrogen) atoms. The van der Waals surface area contributed by atoms with Gasteiger partial charge in [0.1, 0.15) is 0 Å². The van der Waals surface area contributed by atoms with Crippen molar-refractivity contribution in [1.29, 1.82) is 0 Å². The van der Waals surface area contributed by atoms with Gasteiger partial charge in [0.15, 0.2) is 12.4 Å². The first kappa shape index (κ1) is 19.3. The Kier molecular flexibility index (Phi) is 6.36. The van der Waals surface area contributed by atoms with E-state index in [-0.39, 0.29) is 18.4 Å². The van der Waals surface area contributed by atoms with Crippen molar-refractivity contribution in [3.63, 3.8) is 0 Å². The lowest BCUT2D eigenvalue weighted by molar-refractivity contribution is -0.137. The zero-order chi connectivity index (χ0) is 19.2. The summed E-state index contributed by atoms with van der Waals surface area (Å²) in [6.07, 6.45) is 2.88. The van der Waals surface area contributed by atoms with Crippen molar-refractivity contribution >= 4 is 41.2 Å². The molecular weight excluding hydrogens is 393 g/mol. The number of carbonyl (C=O) groups excluding carboxylic acids is 2. The van der Waals surface area contributed by atoms with Crippen LogP contribution in [0.3, 0.4) is 0 Å². The van der Waals surface area contributed by atoms with E-state index in [0.29, 0.717) is 47.5 Å². The van der Waals surface area contributed by atoms with E-state index in [9.17, 15) is 9.59 Å². The van der Waals surface area contributed by atoms with Crippen LogP contribution in [0.2, 0.25) is 10.0 Å². The van der Waals surface area contributed by atoms with E-state index in [1.54, 1.807) is 40.1 Å². The molecule has 1 aromatic heterocycles. The summed E-state index contributed by atoms with van der Waals surface area (Å²) in [4.78, 5) is 32.7. The van der Waals surface area contributed by atoms with Crippen molar-refractivity contribution in [2.75, 3.05) is 32.8 Å². The molecule has 1 aromatic carbocycles. The first-order chi connectivity index (χ1) is 13.0. The summed E-state index contributed by atoms with van der Waals surface area (Å²) in [5, 5.41) is 4.74. The average Bonchev–Trinajstić information content (AvgIpc) is 3.21. The first-order valence-corrected chi connectivity index (χ1v) is 9.01. The number of hydrogen-bond acceptors (Lipinski definition) is 5. The molecule has 0 spiro atoms. The highest BCUT2D eigenvalue weighted by molar-refractivity contribution is 6.36. The van der Waals surface area contributed by atoms with E-state index < -0.39 is 0 Å². The van der Waals surface area contributed by atoms with Crippen molar-refractivity contribution in [1.82, 2.24) is 9.80 Å². The molecule has 0 atom stereocenters. The molecule has 1 saturated heterocycles. The van der Waals surface area contributed by atoms with Crippen molar-refractivity contribution in [2.24, 2.45) is 5.16 Å². The molecule has 142 valence electrons. The molecule has 1 aliphatic rings. The Morgan fingerprint density at radius 2 is 1.89 bits per heavy atom. The maximum absolute atomic E-state index is 12.2. The van der Waals surface area contributed by atoms with Gasteiger partial charge < -0.3 is 19.1 Å². The summed E-state index contributed by atoms with van der Waals surface area (Å²) in [6, 6.07) is 8.28. The fourth-order valence-corrected chi connectivity index (χ4v) is 3.06. The highest BCUT2D eigenvalue weighted by Crippen LogP contribution is 2.19. The van der Waals surface area contributed by atoms with Crippen molar-refractivity contribution in [3.05, 3.63) is 58.0 Å². The number of rotatable bonds is 5. The summed E-state index contributed by atoms with van der Waals surface area (Å²) in [5.74, 6) is -0.0689. The summed E-state index contributed by atoms with van der Waals surface area (Å²) in [6.45, 7) is 1.56. The average molecular weight is 410 g/mol. The molecule has 3 rings (SSSR count). The van der Waals surface area contributed by atoms with Crippen LogP contribution in [0, 0.1) is 0 Å². The van der Waals surface area contributed by atoms with Crippen LogP contribution in [0.15, 0.2) is 46.2 Å². The second-order valence-corrected chi connectivity index (χ2v) is 6.67. The van der Waals surface area contributed by atoms with Gasteiger partial charge in [-0.3, -0.25) is 9.59 Å². The molecule has 2 heterocycles. The minimum absolute atomic E-state index is 0.173. The van der Waals surface area contributed by atoms with Crippen molar-refractivity contribution < 1.29 is 18.8 Å². The number of hydrogen-bond donors (Lipinski definition) is 0. The number of halogens is 2. The topological polar surface area (TPSA) is 75.3 Å². The SMILES string of the molecule is O=C(CO/N=C/c1ccc(Cl)cc1Cl)N1CCN(C(=O)c2ccco2)CC1. The summed E-state index contributed by atoms with van der Waals surface area (Å²) < 4.78 is 5.12. The third-order valence-electron chi connectivity index (χ3n) is 4.07. The van der Waals surface area contributed by atoms with Crippen LogP contribution in [0.4, 0.5) is 0 Å². The van der Waals surface area contributed by atoms with Gasteiger partial charge in [-0.2, -0.15) is 0 Å². The van der Waals surface area contributed by atoms with Gasteiger partial charge in [-0.25, -0.2) is 0 Å².